The minimum absolute atomic E-state index is 0.0991. The molecule has 2 aromatic carbocycles. The van der Waals surface area contributed by atoms with Crippen LogP contribution >= 0.6 is 0 Å². The largest absolute Gasteiger partial charge is 0.497 e. The van der Waals surface area contributed by atoms with Gasteiger partial charge in [-0.05, 0) is 29.3 Å². The Morgan fingerprint density at radius 3 is 2.37 bits per heavy atom. The molecule has 0 aliphatic heterocycles. The highest BCUT2D eigenvalue weighted by Gasteiger charge is 1.98. The molecule has 2 rings (SSSR count). The number of hydrogen-bond acceptors (Lipinski definition) is 2. The van der Waals surface area contributed by atoms with E-state index in [0.717, 1.165) is 16.9 Å². The maximum atomic E-state index is 11.8. The molecular formula is C17H16O2. The van der Waals surface area contributed by atoms with Crippen LogP contribution in [0.15, 0.2) is 60.7 Å². The van der Waals surface area contributed by atoms with Gasteiger partial charge in [0.05, 0.1) is 7.11 Å². The second kappa shape index (κ2) is 6.55. The van der Waals surface area contributed by atoms with Crippen molar-refractivity contribution >= 4 is 11.9 Å². The fourth-order valence-corrected chi connectivity index (χ4v) is 1.76. The molecule has 0 radical (unpaired) electrons. The number of ether oxygens (including phenoxy) is 1. The maximum absolute atomic E-state index is 11.8. The number of carbonyl (C=O) groups excluding carboxylic acids is 1. The summed E-state index contributed by atoms with van der Waals surface area (Å²) in [6, 6.07) is 17.3. The highest BCUT2D eigenvalue weighted by molar-refractivity contribution is 5.95. The highest BCUT2D eigenvalue weighted by atomic mass is 16.5. The molecule has 0 bridgehead atoms. The van der Waals surface area contributed by atoms with Crippen molar-refractivity contribution in [2.24, 2.45) is 0 Å². The standard InChI is InChI=1S/C17H16O2/c1-19-17-11-8-14(9-12-17)7-10-16(18)13-15-5-3-2-4-6-15/h2-12H,13H2,1H3. The van der Waals surface area contributed by atoms with Crippen LogP contribution in [0.2, 0.25) is 0 Å². The van der Waals surface area contributed by atoms with E-state index in [1.165, 1.54) is 0 Å². The molecule has 0 N–H and O–H groups in total. The van der Waals surface area contributed by atoms with Gasteiger partial charge in [-0.1, -0.05) is 48.5 Å². The summed E-state index contributed by atoms with van der Waals surface area (Å²) in [5, 5.41) is 0. The van der Waals surface area contributed by atoms with Gasteiger partial charge >= 0.3 is 0 Å². The Hall–Kier alpha value is -2.35. The maximum Gasteiger partial charge on any atom is 0.160 e. The predicted molar refractivity (Wildman–Crippen MR) is 77.2 cm³/mol. The van der Waals surface area contributed by atoms with Gasteiger partial charge in [0.1, 0.15) is 5.75 Å². The topological polar surface area (TPSA) is 26.3 Å². The van der Waals surface area contributed by atoms with E-state index in [-0.39, 0.29) is 5.78 Å². The first-order valence-corrected chi connectivity index (χ1v) is 6.17. The van der Waals surface area contributed by atoms with Crippen molar-refractivity contribution in [2.75, 3.05) is 7.11 Å². The van der Waals surface area contributed by atoms with Gasteiger partial charge in [-0.3, -0.25) is 4.79 Å². The lowest BCUT2D eigenvalue weighted by atomic mass is 10.1. The van der Waals surface area contributed by atoms with Gasteiger partial charge < -0.3 is 4.74 Å². The van der Waals surface area contributed by atoms with Crippen LogP contribution in [0.5, 0.6) is 5.75 Å². The number of hydrogen-bond donors (Lipinski definition) is 0. The van der Waals surface area contributed by atoms with Crippen LogP contribution in [-0.2, 0) is 11.2 Å². The van der Waals surface area contributed by atoms with Gasteiger partial charge in [-0.15, -0.1) is 0 Å². The summed E-state index contributed by atoms with van der Waals surface area (Å²) in [6.45, 7) is 0. The molecule has 0 atom stereocenters. The van der Waals surface area contributed by atoms with Gasteiger partial charge in [0.15, 0.2) is 5.78 Å². The van der Waals surface area contributed by atoms with Crippen LogP contribution in [-0.4, -0.2) is 12.9 Å². The quantitative estimate of drug-likeness (QED) is 0.761. The number of methoxy groups -OCH3 is 1. The first kappa shape index (κ1) is 13.1. The third-order valence-corrected chi connectivity index (χ3v) is 2.80. The fourth-order valence-electron chi connectivity index (χ4n) is 1.76. The first-order valence-electron chi connectivity index (χ1n) is 6.17. The molecule has 0 amide bonds. The Bertz CT molecular complexity index is 554. The Morgan fingerprint density at radius 1 is 1.05 bits per heavy atom. The van der Waals surface area contributed by atoms with Crippen molar-refractivity contribution in [2.45, 2.75) is 6.42 Å². The second-order valence-corrected chi connectivity index (χ2v) is 4.24. The van der Waals surface area contributed by atoms with E-state index in [9.17, 15) is 4.79 Å². The number of allylic oxidation sites excluding steroid dienone is 1. The molecule has 0 saturated heterocycles. The van der Waals surface area contributed by atoms with E-state index in [4.69, 9.17) is 4.74 Å². The lowest BCUT2D eigenvalue weighted by Crippen LogP contribution is -1.97. The predicted octanol–water partition coefficient (Wildman–Crippen LogP) is 3.52. The van der Waals surface area contributed by atoms with Crippen LogP contribution in [0.1, 0.15) is 11.1 Å². The minimum atomic E-state index is 0.0991. The number of ketones is 1. The molecule has 0 heterocycles. The van der Waals surface area contributed by atoms with E-state index in [1.807, 2.05) is 60.7 Å². The summed E-state index contributed by atoms with van der Waals surface area (Å²) in [5.74, 6) is 0.912. The molecule has 96 valence electrons. The monoisotopic (exact) mass is 252 g/mol. The highest BCUT2D eigenvalue weighted by Crippen LogP contribution is 2.12. The van der Waals surface area contributed by atoms with E-state index in [2.05, 4.69) is 0 Å². The molecule has 0 saturated carbocycles. The van der Waals surface area contributed by atoms with Crippen LogP contribution in [0.25, 0.3) is 6.08 Å². The number of benzene rings is 2. The van der Waals surface area contributed by atoms with Crippen LogP contribution in [0.4, 0.5) is 0 Å². The van der Waals surface area contributed by atoms with Crippen LogP contribution < -0.4 is 4.74 Å². The smallest absolute Gasteiger partial charge is 0.160 e. The third kappa shape index (κ3) is 4.11. The Labute approximate surface area is 113 Å². The van der Waals surface area contributed by atoms with Gasteiger partial charge in [-0.25, -0.2) is 0 Å². The average Bonchev–Trinajstić information content (AvgIpc) is 2.47. The van der Waals surface area contributed by atoms with Crippen molar-refractivity contribution in [1.82, 2.24) is 0 Å². The lowest BCUT2D eigenvalue weighted by molar-refractivity contribution is -0.113. The van der Waals surface area contributed by atoms with Crippen molar-refractivity contribution in [3.8, 4) is 5.75 Å². The fraction of sp³-hybridized carbons (Fsp3) is 0.118. The summed E-state index contributed by atoms with van der Waals surface area (Å²) < 4.78 is 5.08. The third-order valence-electron chi connectivity index (χ3n) is 2.80. The average molecular weight is 252 g/mol. The lowest BCUT2D eigenvalue weighted by Gasteiger charge is -1.99. The Morgan fingerprint density at radius 2 is 1.74 bits per heavy atom. The van der Waals surface area contributed by atoms with E-state index < -0.39 is 0 Å². The molecule has 2 aromatic rings. The summed E-state index contributed by atoms with van der Waals surface area (Å²) in [6.07, 6.45) is 3.88. The molecule has 0 aliphatic carbocycles. The van der Waals surface area contributed by atoms with Crippen molar-refractivity contribution in [3.05, 3.63) is 71.8 Å². The number of rotatable bonds is 5. The molecule has 0 aromatic heterocycles. The SMILES string of the molecule is COc1ccc(C=CC(=O)Cc2ccccc2)cc1. The zero-order valence-electron chi connectivity index (χ0n) is 10.9. The zero-order valence-corrected chi connectivity index (χ0v) is 10.9. The first-order chi connectivity index (χ1) is 9.28. The molecule has 0 aliphatic rings. The minimum Gasteiger partial charge on any atom is -0.497 e. The molecule has 0 unspecified atom stereocenters. The van der Waals surface area contributed by atoms with Crippen LogP contribution in [0, 0.1) is 0 Å². The van der Waals surface area contributed by atoms with Gasteiger partial charge in [0.2, 0.25) is 0 Å². The molecular weight excluding hydrogens is 236 g/mol. The van der Waals surface area contributed by atoms with E-state index in [1.54, 1.807) is 13.2 Å². The summed E-state index contributed by atoms with van der Waals surface area (Å²) in [7, 11) is 1.63. The van der Waals surface area contributed by atoms with Gasteiger partial charge in [0.25, 0.3) is 0 Å². The van der Waals surface area contributed by atoms with Crippen molar-refractivity contribution in [3.63, 3.8) is 0 Å². The normalized spacial score (nSPS) is 10.6. The molecule has 2 nitrogen and oxygen atoms in total. The van der Waals surface area contributed by atoms with Gasteiger partial charge in [-0.2, -0.15) is 0 Å². The Balaban J connectivity index is 1.96. The summed E-state index contributed by atoms with van der Waals surface area (Å²) in [5.41, 5.74) is 2.02. The number of carbonyl (C=O) groups is 1. The Kier molecular flexibility index (Phi) is 4.51. The molecule has 0 fully saturated rings. The molecule has 19 heavy (non-hydrogen) atoms. The van der Waals surface area contributed by atoms with Crippen LogP contribution in [0.3, 0.4) is 0 Å². The van der Waals surface area contributed by atoms with E-state index >= 15 is 0 Å². The molecule has 2 heteroatoms. The summed E-state index contributed by atoms with van der Waals surface area (Å²) >= 11 is 0. The molecule has 0 spiro atoms. The van der Waals surface area contributed by atoms with Crippen molar-refractivity contribution in [1.29, 1.82) is 0 Å². The zero-order chi connectivity index (χ0) is 13.5. The van der Waals surface area contributed by atoms with Gasteiger partial charge in [0, 0.05) is 6.42 Å². The second-order valence-electron chi connectivity index (χ2n) is 4.24. The van der Waals surface area contributed by atoms with Crippen molar-refractivity contribution < 1.29 is 9.53 Å². The summed E-state index contributed by atoms with van der Waals surface area (Å²) in [4.78, 5) is 11.8. The van der Waals surface area contributed by atoms with E-state index in [0.29, 0.717) is 6.42 Å².